The maximum Gasteiger partial charge on any atom is 0.254 e. The number of carbonyl (C=O) groups is 1. The van der Waals surface area contributed by atoms with Crippen molar-refractivity contribution < 1.29 is 22.7 Å². The van der Waals surface area contributed by atoms with Crippen molar-refractivity contribution >= 4 is 35.8 Å². The predicted molar refractivity (Wildman–Crippen MR) is 81.6 cm³/mol. The molecule has 9 heteroatoms. The summed E-state index contributed by atoms with van der Waals surface area (Å²) < 4.78 is 43.1. The number of thioether (sulfide) groups is 1. The largest absolute Gasteiger partial charge is 0.366 e. The molecule has 1 unspecified atom stereocenters. The summed E-state index contributed by atoms with van der Waals surface area (Å²) in [4.78, 5) is 12.4. The van der Waals surface area contributed by atoms with Crippen LogP contribution >= 0.6 is 24.2 Å². The Balaban J connectivity index is 0.00000242. The van der Waals surface area contributed by atoms with Gasteiger partial charge in [0.05, 0.1) is 18.0 Å². The molecule has 0 radical (unpaired) electrons. The van der Waals surface area contributed by atoms with Gasteiger partial charge in [0.1, 0.15) is 11.9 Å². The number of nitrogens with one attached hydrogen (secondary N) is 2. The van der Waals surface area contributed by atoms with Gasteiger partial charge in [-0.05, 0) is 18.2 Å². The van der Waals surface area contributed by atoms with Gasteiger partial charge in [-0.1, -0.05) is 0 Å². The van der Waals surface area contributed by atoms with E-state index in [-0.39, 0.29) is 18.1 Å². The number of hydrogen-bond acceptors (Lipinski definition) is 4. The molecule has 1 atom stereocenters. The van der Waals surface area contributed by atoms with Crippen LogP contribution in [0.1, 0.15) is 0 Å². The molecular formula is C13H16ClF3N2O2S. The molecule has 1 heterocycles. The summed E-state index contributed by atoms with van der Waals surface area (Å²) in [7, 11) is 0. The number of anilines is 1. The lowest BCUT2D eigenvalue weighted by molar-refractivity contribution is -0.128. The van der Waals surface area contributed by atoms with Crippen molar-refractivity contribution in [3.8, 4) is 0 Å². The van der Waals surface area contributed by atoms with E-state index < -0.39 is 30.0 Å². The van der Waals surface area contributed by atoms with Gasteiger partial charge in [-0.15, -0.1) is 24.2 Å². The van der Waals surface area contributed by atoms with E-state index in [0.717, 1.165) is 17.8 Å². The molecule has 0 aliphatic carbocycles. The average Bonchev–Trinajstić information content (AvgIpc) is 2.47. The SMILES string of the molecule is Cl.O=C(Nc1cc(F)ccc1SCC(F)F)C1CNCCO1. The van der Waals surface area contributed by atoms with Crippen molar-refractivity contribution in [2.75, 3.05) is 30.8 Å². The van der Waals surface area contributed by atoms with Crippen LogP contribution in [0.3, 0.4) is 0 Å². The van der Waals surface area contributed by atoms with E-state index in [1.165, 1.54) is 12.1 Å². The van der Waals surface area contributed by atoms with Crippen LogP contribution < -0.4 is 10.6 Å². The smallest absolute Gasteiger partial charge is 0.254 e. The van der Waals surface area contributed by atoms with Crippen molar-refractivity contribution in [3.05, 3.63) is 24.0 Å². The molecule has 0 aromatic heterocycles. The minimum Gasteiger partial charge on any atom is -0.366 e. The Morgan fingerprint density at radius 3 is 2.91 bits per heavy atom. The predicted octanol–water partition coefficient (Wildman–Crippen LogP) is 2.53. The Labute approximate surface area is 136 Å². The summed E-state index contributed by atoms with van der Waals surface area (Å²) in [6.45, 7) is 1.44. The highest BCUT2D eigenvalue weighted by molar-refractivity contribution is 7.99. The maximum atomic E-state index is 13.3. The van der Waals surface area contributed by atoms with Gasteiger partial charge in [0.25, 0.3) is 5.91 Å². The van der Waals surface area contributed by atoms with Crippen LogP contribution in [0.15, 0.2) is 23.1 Å². The third kappa shape index (κ3) is 5.68. The molecule has 1 aliphatic heterocycles. The average molecular weight is 357 g/mol. The van der Waals surface area contributed by atoms with Crippen LogP contribution in [0.25, 0.3) is 0 Å². The second-order valence-electron chi connectivity index (χ2n) is 4.40. The fourth-order valence-corrected chi connectivity index (χ4v) is 2.56. The molecule has 1 fully saturated rings. The number of hydrogen-bond donors (Lipinski definition) is 2. The van der Waals surface area contributed by atoms with Gasteiger partial charge in [-0.25, -0.2) is 13.2 Å². The Bertz CT molecular complexity index is 502. The zero-order chi connectivity index (χ0) is 15.2. The first-order valence-electron chi connectivity index (χ1n) is 6.40. The normalized spacial score (nSPS) is 17.9. The monoisotopic (exact) mass is 356 g/mol. The number of carbonyl (C=O) groups excluding carboxylic acids is 1. The third-order valence-corrected chi connectivity index (χ3v) is 3.87. The molecule has 124 valence electrons. The van der Waals surface area contributed by atoms with E-state index in [4.69, 9.17) is 4.74 Å². The second-order valence-corrected chi connectivity index (χ2v) is 5.46. The summed E-state index contributed by atoms with van der Waals surface area (Å²) >= 11 is 0.865. The standard InChI is InChI=1S/C13H15F3N2O2S.ClH/c14-8-1-2-11(21-7-12(15)16)9(5-8)18-13(19)10-6-17-3-4-20-10;/h1-2,5,10,12,17H,3-4,6-7H2,(H,18,19);1H. The summed E-state index contributed by atoms with van der Waals surface area (Å²) in [5, 5.41) is 5.54. The van der Waals surface area contributed by atoms with Crippen LogP contribution in [0.5, 0.6) is 0 Å². The first kappa shape index (κ1) is 19.1. The molecular weight excluding hydrogens is 341 g/mol. The van der Waals surface area contributed by atoms with Crippen molar-refractivity contribution in [3.63, 3.8) is 0 Å². The summed E-state index contributed by atoms with van der Waals surface area (Å²) in [5.74, 6) is -1.39. The summed E-state index contributed by atoms with van der Waals surface area (Å²) in [6.07, 6.45) is -3.15. The Kier molecular flexibility index (Phi) is 8.02. The molecule has 1 amide bonds. The van der Waals surface area contributed by atoms with E-state index in [2.05, 4.69) is 10.6 Å². The van der Waals surface area contributed by atoms with Crippen molar-refractivity contribution in [1.82, 2.24) is 5.32 Å². The van der Waals surface area contributed by atoms with E-state index in [1.807, 2.05) is 0 Å². The van der Waals surface area contributed by atoms with E-state index >= 15 is 0 Å². The van der Waals surface area contributed by atoms with Gasteiger partial charge >= 0.3 is 0 Å². The zero-order valence-corrected chi connectivity index (χ0v) is 13.1. The number of morpholine rings is 1. The number of rotatable bonds is 5. The van der Waals surface area contributed by atoms with Crippen molar-refractivity contribution in [1.29, 1.82) is 0 Å². The first-order valence-corrected chi connectivity index (χ1v) is 7.38. The number of amides is 1. The van der Waals surface area contributed by atoms with Gasteiger partial charge in [-0.3, -0.25) is 4.79 Å². The van der Waals surface area contributed by atoms with Crippen molar-refractivity contribution in [2.45, 2.75) is 17.4 Å². The fraction of sp³-hybridized carbons (Fsp3) is 0.462. The Hall–Kier alpha value is -0.960. The highest BCUT2D eigenvalue weighted by Crippen LogP contribution is 2.29. The molecule has 1 aromatic carbocycles. The maximum absolute atomic E-state index is 13.3. The molecule has 1 saturated heterocycles. The molecule has 1 aromatic rings. The molecule has 0 spiro atoms. The minimum atomic E-state index is -2.48. The van der Waals surface area contributed by atoms with Crippen LogP contribution in [0.4, 0.5) is 18.9 Å². The lowest BCUT2D eigenvalue weighted by Gasteiger charge is -2.23. The number of ether oxygens (including phenoxy) is 1. The van der Waals surface area contributed by atoms with Gasteiger partial charge < -0.3 is 15.4 Å². The van der Waals surface area contributed by atoms with E-state index in [1.54, 1.807) is 0 Å². The van der Waals surface area contributed by atoms with E-state index in [9.17, 15) is 18.0 Å². The topological polar surface area (TPSA) is 50.4 Å². The lowest BCUT2D eigenvalue weighted by Crippen LogP contribution is -2.45. The molecule has 0 saturated carbocycles. The van der Waals surface area contributed by atoms with Crippen molar-refractivity contribution in [2.24, 2.45) is 0 Å². The number of alkyl halides is 2. The Morgan fingerprint density at radius 2 is 2.27 bits per heavy atom. The van der Waals surface area contributed by atoms with Gasteiger partial charge in [0.15, 0.2) is 0 Å². The number of benzene rings is 1. The first-order chi connectivity index (χ1) is 10.1. The fourth-order valence-electron chi connectivity index (χ4n) is 1.83. The highest BCUT2D eigenvalue weighted by atomic mass is 35.5. The molecule has 0 bridgehead atoms. The van der Waals surface area contributed by atoms with Crippen LogP contribution in [0, 0.1) is 5.82 Å². The third-order valence-electron chi connectivity index (χ3n) is 2.78. The summed E-state index contributed by atoms with van der Waals surface area (Å²) in [5.41, 5.74) is 0.180. The van der Waals surface area contributed by atoms with Crippen LogP contribution in [0.2, 0.25) is 0 Å². The second kappa shape index (κ2) is 9.24. The van der Waals surface area contributed by atoms with Gasteiger partial charge in [0.2, 0.25) is 6.43 Å². The zero-order valence-electron chi connectivity index (χ0n) is 11.5. The minimum absolute atomic E-state index is 0. The Morgan fingerprint density at radius 1 is 1.50 bits per heavy atom. The van der Waals surface area contributed by atoms with Gasteiger partial charge in [0, 0.05) is 18.0 Å². The molecule has 2 rings (SSSR count). The van der Waals surface area contributed by atoms with Crippen LogP contribution in [-0.2, 0) is 9.53 Å². The van der Waals surface area contributed by atoms with Crippen LogP contribution in [-0.4, -0.2) is 43.9 Å². The lowest BCUT2D eigenvalue weighted by atomic mass is 10.2. The summed E-state index contributed by atoms with van der Waals surface area (Å²) in [6, 6.07) is 3.65. The van der Waals surface area contributed by atoms with E-state index in [0.29, 0.717) is 24.6 Å². The highest BCUT2D eigenvalue weighted by Gasteiger charge is 2.22. The molecule has 22 heavy (non-hydrogen) atoms. The molecule has 1 aliphatic rings. The number of halogens is 4. The molecule has 2 N–H and O–H groups in total. The molecule has 4 nitrogen and oxygen atoms in total. The van der Waals surface area contributed by atoms with Gasteiger partial charge in [-0.2, -0.15) is 0 Å². The quantitative estimate of drug-likeness (QED) is 0.796.